The minimum absolute atomic E-state index is 0.888. The lowest BCUT2D eigenvalue weighted by Gasteiger charge is -1.87. The Bertz CT molecular complexity index is 151. The molecular weight excluding hydrogens is 128 g/mol. The molecule has 0 fully saturated rings. The molecule has 0 aromatic carbocycles. The molecule has 0 aliphatic heterocycles. The van der Waals surface area contributed by atoms with E-state index < -0.39 is 0 Å². The van der Waals surface area contributed by atoms with E-state index in [4.69, 9.17) is 11.7 Å². The third-order valence-electron chi connectivity index (χ3n) is 1.13. The van der Waals surface area contributed by atoms with E-state index in [0.29, 0.717) is 0 Å². The number of hydrogen-bond acceptors (Lipinski definition) is 2. The van der Waals surface area contributed by atoms with Gasteiger partial charge in [-0.15, -0.1) is 4.58 Å². The maximum Gasteiger partial charge on any atom is 0.540 e. The summed E-state index contributed by atoms with van der Waals surface area (Å²) in [6, 6.07) is 2.75. The molecule has 0 bridgehead atoms. The normalized spacial score (nSPS) is 8.60. The summed E-state index contributed by atoms with van der Waals surface area (Å²) in [6.45, 7) is 5.97. The molecule has 10 heavy (non-hydrogen) atoms. The van der Waals surface area contributed by atoms with Crippen LogP contribution in [0.15, 0.2) is 0 Å². The van der Waals surface area contributed by atoms with Gasteiger partial charge in [-0.1, -0.05) is 6.92 Å². The van der Waals surface area contributed by atoms with Gasteiger partial charge in [-0.3, -0.25) is 0 Å². The quantitative estimate of drug-likeness (QED) is 0.240. The zero-order valence-corrected chi connectivity index (χ0v) is 6.67. The highest BCUT2D eigenvalue weighted by Gasteiger charge is 2.00. The van der Waals surface area contributed by atoms with Crippen LogP contribution < -0.4 is 11.7 Å². The summed E-state index contributed by atoms with van der Waals surface area (Å²) in [7, 11) is 0. The van der Waals surface area contributed by atoms with Crippen molar-refractivity contribution < 1.29 is 9.37 Å². The summed E-state index contributed by atoms with van der Waals surface area (Å²) in [5, 5.41) is 0. The Kier molecular flexibility index (Phi) is 4.33. The fourth-order valence-corrected chi connectivity index (χ4v) is 0.712. The highest BCUT2D eigenvalue weighted by Crippen LogP contribution is 1.76. The number of nitrogens with zero attached hydrogens (tertiary/aromatic N) is 2. The van der Waals surface area contributed by atoms with Crippen molar-refractivity contribution in [2.45, 2.75) is 20.3 Å². The van der Waals surface area contributed by atoms with Crippen molar-refractivity contribution in [1.82, 2.24) is 0 Å². The van der Waals surface area contributed by atoms with E-state index in [2.05, 4.69) is 12.9 Å². The first-order valence-corrected chi connectivity index (χ1v) is 3.51. The first-order valence-electron chi connectivity index (χ1n) is 3.51. The molecule has 0 heterocycles. The Morgan fingerprint density at radius 1 is 1.30 bits per heavy atom. The average Bonchev–Trinajstić information content (AvgIpc) is 1.86. The molecule has 0 saturated carbocycles. The zero-order valence-electron chi connectivity index (χ0n) is 6.67. The molecular formula is C6H16N4+2. The van der Waals surface area contributed by atoms with E-state index in [9.17, 15) is 0 Å². The Morgan fingerprint density at radius 2 is 1.90 bits per heavy atom. The second kappa shape index (κ2) is 4.82. The lowest BCUT2D eigenvalue weighted by Crippen LogP contribution is -2.29. The van der Waals surface area contributed by atoms with Crippen LogP contribution in [-0.2, 0) is 0 Å². The minimum Gasteiger partial charge on any atom is -0.169 e. The van der Waals surface area contributed by atoms with Crippen LogP contribution in [0.25, 0.3) is 0 Å². The largest absolute Gasteiger partial charge is 0.540 e. The van der Waals surface area contributed by atoms with Gasteiger partial charge in [0, 0.05) is 6.42 Å². The zero-order chi connectivity index (χ0) is 7.98. The van der Waals surface area contributed by atoms with Crippen LogP contribution in [0.3, 0.4) is 0 Å². The fourth-order valence-electron chi connectivity index (χ4n) is 0.712. The standard InChI is InChI=1S/C6H16N4/c1-3-5-9(4-2)6-10(7)8/h3-5,7-8H2,1-2H3/q+2. The lowest BCUT2D eigenvalue weighted by atomic mass is 10.5. The molecule has 0 amide bonds. The predicted molar refractivity (Wildman–Crippen MR) is 39.6 cm³/mol. The summed E-state index contributed by atoms with van der Waals surface area (Å²) in [5.74, 6) is 10.3. The van der Waals surface area contributed by atoms with Crippen molar-refractivity contribution in [1.29, 1.82) is 0 Å². The van der Waals surface area contributed by atoms with E-state index >= 15 is 0 Å². The third kappa shape index (κ3) is 3.92. The third-order valence-corrected chi connectivity index (χ3v) is 1.13. The van der Waals surface area contributed by atoms with Gasteiger partial charge < -0.3 is 0 Å². The molecule has 0 aliphatic rings. The van der Waals surface area contributed by atoms with Gasteiger partial charge in [0.1, 0.15) is 4.79 Å². The van der Waals surface area contributed by atoms with E-state index in [1.807, 2.05) is 11.5 Å². The van der Waals surface area contributed by atoms with E-state index in [0.717, 1.165) is 24.3 Å². The van der Waals surface area contributed by atoms with Crippen molar-refractivity contribution in [3.05, 3.63) is 0 Å². The molecule has 0 spiro atoms. The summed E-state index contributed by atoms with van der Waals surface area (Å²) >= 11 is 0. The van der Waals surface area contributed by atoms with Crippen molar-refractivity contribution in [3.63, 3.8) is 0 Å². The van der Waals surface area contributed by atoms with Gasteiger partial charge in [-0.2, -0.15) is 11.7 Å². The van der Waals surface area contributed by atoms with Gasteiger partial charge >= 0.3 is 6.01 Å². The fraction of sp³-hybridized carbons (Fsp3) is 0.833. The number of rotatable bonds is 3. The SMILES string of the molecule is CCC[N+](=C=[N+](N)N)CC. The summed E-state index contributed by atoms with van der Waals surface area (Å²) in [4.78, 5) is 0.958. The molecule has 0 aliphatic carbocycles. The highest BCUT2D eigenvalue weighted by atomic mass is 15.5. The minimum atomic E-state index is 0.888. The molecule has 4 nitrogen and oxygen atoms in total. The Balaban J connectivity index is 4.18. The van der Waals surface area contributed by atoms with Crippen LogP contribution in [-0.4, -0.2) is 28.5 Å². The first kappa shape index (κ1) is 8.98. The second-order valence-electron chi connectivity index (χ2n) is 2.09. The molecule has 58 valence electrons. The lowest BCUT2D eigenvalue weighted by molar-refractivity contribution is -0.600. The molecule has 0 radical (unpaired) electrons. The molecule has 0 saturated heterocycles. The molecule has 0 rings (SSSR count). The number of hydrazone groups is 2. The Hall–Kier alpha value is -1.02. The van der Waals surface area contributed by atoms with Crippen molar-refractivity contribution in [3.8, 4) is 0 Å². The van der Waals surface area contributed by atoms with Gasteiger partial charge in [0.25, 0.3) is 0 Å². The Labute approximate surface area is 61.4 Å². The van der Waals surface area contributed by atoms with Gasteiger partial charge in [0.15, 0.2) is 13.1 Å². The van der Waals surface area contributed by atoms with Crippen LogP contribution in [0.5, 0.6) is 0 Å². The van der Waals surface area contributed by atoms with Crippen molar-refractivity contribution >= 4 is 6.01 Å². The first-order chi connectivity index (χ1) is 4.70. The van der Waals surface area contributed by atoms with Crippen LogP contribution in [0, 0.1) is 0 Å². The maximum absolute atomic E-state index is 5.16. The van der Waals surface area contributed by atoms with E-state index in [1.165, 1.54) is 0 Å². The average molecular weight is 144 g/mol. The molecule has 0 aromatic heterocycles. The van der Waals surface area contributed by atoms with Crippen LogP contribution in [0.4, 0.5) is 0 Å². The summed E-state index contributed by atoms with van der Waals surface area (Å²) < 4.78 is 1.93. The van der Waals surface area contributed by atoms with Crippen molar-refractivity contribution in [2.75, 3.05) is 13.1 Å². The molecule has 4 heteroatoms. The molecule has 0 atom stereocenters. The summed E-state index contributed by atoms with van der Waals surface area (Å²) in [5.41, 5.74) is 0. The molecule has 4 N–H and O–H groups in total. The summed E-state index contributed by atoms with van der Waals surface area (Å²) in [6.07, 6.45) is 1.08. The van der Waals surface area contributed by atoms with Gasteiger partial charge in [0.05, 0.1) is 0 Å². The van der Waals surface area contributed by atoms with Crippen molar-refractivity contribution in [2.24, 2.45) is 11.7 Å². The monoisotopic (exact) mass is 144 g/mol. The predicted octanol–water partition coefficient (Wildman–Crippen LogP) is -0.637. The Morgan fingerprint density at radius 3 is 2.20 bits per heavy atom. The highest BCUT2D eigenvalue weighted by molar-refractivity contribution is 5.25. The number of hydrogen-bond donors (Lipinski definition) is 2. The van der Waals surface area contributed by atoms with Gasteiger partial charge in [0.2, 0.25) is 0 Å². The van der Waals surface area contributed by atoms with Crippen LogP contribution in [0.2, 0.25) is 0 Å². The van der Waals surface area contributed by atoms with Crippen LogP contribution >= 0.6 is 0 Å². The number of nitrogens with two attached hydrogens (primary N) is 2. The molecule has 0 aromatic rings. The number of hydrazine groups is 2. The van der Waals surface area contributed by atoms with Crippen LogP contribution in [0.1, 0.15) is 20.3 Å². The van der Waals surface area contributed by atoms with E-state index in [1.54, 1.807) is 0 Å². The van der Waals surface area contributed by atoms with E-state index in [-0.39, 0.29) is 0 Å². The second-order valence-corrected chi connectivity index (χ2v) is 2.09. The van der Waals surface area contributed by atoms with Gasteiger partial charge in [-0.05, 0) is 6.92 Å². The molecule has 0 unspecified atom stereocenters. The smallest absolute Gasteiger partial charge is 0.169 e. The topological polar surface area (TPSA) is 58.1 Å². The maximum atomic E-state index is 5.16. The van der Waals surface area contributed by atoms with Gasteiger partial charge in [-0.25, -0.2) is 0 Å².